The van der Waals surface area contributed by atoms with Crippen LogP contribution in [0.4, 0.5) is 5.69 Å². The second kappa shape index (κ2) is 8.88. The molecule has 0 bridgehead atoms. The molecule has 9 heteroatoms. The molecule has 1 heterocycles. The van der Waals surface area contributed by atoms with Gasteiger partial charge in [-0.25, -0.2) is 0 Å². The number of carbonyl (C=O) groups is 1. The molecule has 140 valence electrons. The topological polar surface area (TPSA) is 75.9 Å². The minimum atomic E-state index is -0.0812. The van der Waals surface area contributed by atoms with E-state index in [9.17, 15) is 4.79 Å². The summed E-state index contributed by atoms with van der Waals surface area (Å²) < 4.78 is 1.58. The molecule has 0 unspecified atom stereocenters. The fourth-order valence-electron chi connectivity index (χ4n) is 2.31. The largest absolute Gasteiger partial charge is 0.378 e. The number of hydrogen-bond donors (Lipinski definition) is 1. The van der Waals surface area contributed by atoms with Crippen molar-refractivity contribution in [3.63, 3.8) is 0 Å². The summed E-state index contributed by atoms with van der Waals surface area (Å²) in [6.45, 7) is 0.481. The fourth-order valence-corrected chi connectivity index (χ4v) is 3.15. The number of thioether (sulfide) groups is 1. The van der Waals surface area contributed by atoms with Crippen LogP contribution in [0.1, 0.15) is 5.56 Å². The van der Waals surface area contributed by atoms with Crippen molar-refractivity contribution in [3.05, 3.63) is 59.1 Å². The highest BCUT2D eigenvalue weighted by Crippen LogP contribution is 2.19. The maximum Gasteiger partial charge on any atom is 0.230 e. The average molecular weight is 403 g/mol. The van der Waals surface area contributed by atoms with Crippen LogP contribution in [0.5, 0.6) is 0 Å². The first kappa shape index (κ1) is 19.2. The van der Waals surface area contributed by atoms with Crippen molar-refractivity contribution >= 4 is 35.0 Å². The Hall–Kier alpha value is -2.58. The van der Waals surface area contributed by atoms with Gasteiger partial charge in [0, 0.05) is 31.4 Å². The van der Waals surface area contributed by atoms with Crippen LogP contribution in [0.3, 0.4) is 0 Å². The first-order valence-corrected chi connectivity index (χ1v) is 9.59. The molecule has 27 heavy (non-hydrogen) atoms. The van der Waals surface area contributed by atoms with Crippen LogP contribution < -0.4 is 10.2 Å². The van der Waals surface area contributed by atoms with Gasteiger partial charge < -0.3 is 10.2 Å². The van der Waals surface area contributed by atoms with E-state index in [1.165, 1.54) is 11.8 Å². The smallest absolute Gasteiger partial charge is 0.230 e. The van der Waals surface area contributed by atoms with E-state index in [1.807, 2.05) is 55.4 Å². The first-order valence-electron chi connectivity index (χ1n) is 8.23. The molecule has 2 aromatic carbocycles. The summed E-state index contributed by atoms with van der Waals surface area (Å²) in [7, 11) is 3.98. The number of hydrogen-bond acceptors (Lipinski definition) is 6. The molecule has 0 atom stereocenters. The zero-order valence-corrected chi connectivity index (χ0v) is 16.5. The van der Waals surface area contributed by atoms with Crippen LogP contribution in [0, 0.1) is 0 Å². The molecule has 0 aliphatic rings. The molecule has 1 amide bonds. The van der Waals surface area contributed by atoms with E-state index in [-0.39, 0.29) is 11.7 Å². The SMILES string of the molecule is CN(C)c1ccc(CNC(=O)CSc2nnnn2-c2ccc(Cl)cc2)cc1. The number of tetrazole rings is 1. The van der Waals surface area contributed by atoms with Gasteiger partial charge >= 0.3 is 0 Å². The van der Waals surface area contributed by atoms with Gasteiger partial charge in [-0.2, -0.15) is 4.68 Å². The van der Waals surface area contributed by atoms with E-state index in [0.29, 0.717) is 16.7 Å². The molecule has 1 N–H and O–H groups in total. The van der Waals surface area contributed by atoms with E-state index in [1.54, 1.807) is 16.8 Å². The standard InChI is InChI=1S/C18H19ClN6OS/c1-24(2)15-7-3-13(4-8-15)11-20-17(26)12-27-18-21-22-23-25(18)16-9-5-14(19)6-10-16/h3-10H,11-12H2,1-2H3,(H,20,26). The molecule has 0 aliphatic carbocycles. The summed E-state index contributed by atoms with van der Waals surface area (Å²) in [6.07, 6.45) is 0. The fraction of sp³-hybridized carbons (Fsp3) is 0.222. The molecule has 0 spiro atoms. The summed E-state index contributed by atoms with van der Waals surface area (Å²) in [4.78, 5) is 14.2. The monoisotopic (exact) mass is 402 g/mol. The van der Waals surface area contributed by atoms with Crippen molar-refractivity contribution in [1.29, 1.82) is 0 Å². The van der Waals surface area contributed by atoms with Crippen molar-refractivity contribution in [2.24, 2.45) is 0 Å². The van der Waals surface area contributed by atoms with Gasteiger partial charge in [-0.3, -0.25) is 4.79 Å². The second-order valence-corrected chi connectivity index (χ2v) is 7.35. The molecule has 3 rings (SSSR count). The van der Waals surface area contributed by atoms with Crippen molar-refractivity contribution in [3.8, 4) is 5.69 Å². The normalized spacial score (nSPS) is 10.6. The maximum atomic E-state index is 12.1. The molecule has 0 radical (unpaired) electrons. The van der Waals surface area contributed by atoms with E-state index >= 15 is 0 Å². The Bertz CT molecular complexity index is 895. The molecular formula is C18H19ClN6OS. The predicted octanol–water partition coefficient (Wildman–Crippen LogP) is 2.79. The zero-order valence-electron chi connectivity index (χ0n) is 15.0. The average Bonchev–Trinajstić information content (AvgIpc) is 3.14. The molecule has 0 saturated heterocycles. The number of nitrogens with zero attached hydrogens (tertiary/aromatic N) is 5. The molecule has 0 saturated carbocycles. The molecule has 1 aromatic heterocycles. The van der Waals surface area contributed by atoms with E-state index in [0.717, 1.165) is 16.9 Å². The van der Waals surface area contributed by atoms with E-state index in [4.69, 9.17) is 11.6 Å². The number of benzene rings is 2. The summed E-state index contributed by atoms with van der Waals surface area (Å²) >= 11 is 7.18. The van der Waals surface area contributed by atoms with Gasteiger partial charge in [0.15, 0.2) is 0 Å². The Morgan fingerprint density at radius 1 is 1.15 bits per heavy atom. The third-order valence-electron chi connectivity index (χ3n) is 3.79. The minimum absolute atomic E-state index is 0.0812. The number of aromatic nitrogens is 4. The molecule has 3 aromatic rings. The maximum absolute atomic E-state index is 12.1. The lowest BCUT2D eigenvalue weighted by Crippen LogP contribution is -2.24. The number of rotatable bonds is 7. The van der Waals surface area contributed by atoms with Crippen LogP contribution in [0.15, 0.2) is 53.7 Å². The van der Waals surface area contributed by atoms with Crippen molar-refractivity contribution in [1.82, 2.24) is 25.5 Å². The number of halogens is 1. The van der Waals surface area contributed by atoms with Crippen molar-refractivity contribution in [2.75, 3.05) is 24.7 Å². The molecule has 0 aliphatic heterocycles. The number of carbonyl (C=O) groups excluding carboxylic acids is 1. The predicted molar refractivity (Wildman–Crippen MR) is 108 cm³/mol. The van der Waals surface area contributed by atoms with Crippen LogP contribution in [0.2, 0.25) is 5.02 Å². The van der Waals surface area contributed by atoms with Crippen LogP contribution >= 0.6 is 23.4 Å². The van der Waals surface area contributed by atoms with Gasteiger partial charge in [0.2, 0.25) is 11.1 Å². The van der Waals surface area contributed by atoms with Crippen molar-refractivity contribution in [2.45, 2.75) is 11.7 Å². The Labute approximate surface area is 166 Å². The highest BCUT2D eigenvalue weighted by Gasteiger charge is 2.11. The Balaban J connectivity index is 1.52. The third kappa shape index (κ3) is 5.21. The van der Waals surface area contributed by atoms with Gasteiger partial charge in [0.1, 0.15) is 0 Å². The van der Waals surface area contributed by atoms with Gasteiger partial charge in [0.05, 0.1) is 11.4 Å². The van der Waals surface area contributed by atoms with Gasteiger partial charge in [-0.1, -0.05) is 35.5 Å². The lowest BCUT2D eigenvalue weighted by Gasteiger charge is -2.12. The Kier molecular flexibility index (Phi) is 6.31. The molecule has 0 fully saturated rings. The number of anilines is 1. The quantitative estimate of drug-likeness (QED) is 0.612. The number of nitrogens with one attached hydrogen (secondary N) is 1. The Morgan fingerprint density at radius 3 is 2.52 bits per heavy atom. The third-order valence-corrected chi connectivity index (χ3v) is 4.96. The molecular weight excluding hydrogens is 384 g/mol. The lowest BCUT2D eigenvalue weighted by molar-refractivity contribution is -0.118. The lowest BCUT2D eigenvalue weighted by atomic mass is 10.2. The minimum Gasteiger partial charge on any atom is -0.378 e. The summed E-state index contributed by atoms with van der Waals surface area (Å²) in [5, 5.41) is 15.7. The van der Waals surface area contributed by atoms with Gasteiger partial charge in [0.25, 0.3) is 0 Å². The first-order chi connectivity index (χ1) is 13.0. The van der Waals surface area contributed by atoms with E-state index in [2.05, 4.69) is 20.8 Å². The Morgan fingerprint density at radius 2 is 1.85 bits per heavy atom. The van der Waals surface area contributed by atoms with Crippen LogP contribution in [-0.4, -0.2) is 46.0 Å². The zero-order chi connectivity index (χ0) is 19.2. The summed E-state index contributed by atoms with van der Waals surface area (Å²) in [5.41, 5.74) is 2.95. The number of amides is 1. The molecule has 7 nitrogen and oxygen atoms in total. The van der Waals surface area contributed by atoms with Gasteiger partial charge in [-0.15, -0.1) is 5.10 Å². The highest BCUT2D eigenvalue weighted by atomic mass is 35.5. The van der Waals surface area contributed by atoms with Crippen LogP contribution in [-0.2, 0) is 11.3 Å². The second-order valence-electron chi connectivity index (χ2n) is 5.98. The van der Waals surface area contributed by atoms with Crippen molar-refractivity contribution < 1.29 is 4.79 Å². The van der Waals surface area contributed by atoms with Gasteiger partial charge in [-0.05, 0) is 52.4 Å². The highest BCUT2D eigenvalue weighted by molar-refractivity contribution is 7.99. The summed E-state index contributed by atoms with van der Waals surface area (Å²) in [6, 6.07) is 15.2. The van der Waals surface area contributed by atoms with Crippen LogP contribution in [0.25, 0.3) is 5.69 Å². The van der Waals surface area contributed by atoms with E-state index < -0.39 is 0 Å². The summed E-state index contributed by atoms with van der Waals surface area (Å²) in [5.74, 6) is 0.145.